The van der Waals surface area contributed by atoms with Gasteiger partial charge < -0.3 is 15.1 Å². The summed E-state index contributed by atoms with van der Waals surface area (Å²) in [7, 11) is 0. The van der Waals surface area contributed by atoms with Gasteiger partial charge in [0.1, 0.15) is 0 Å². The molecule has 0 aromatic carbocycles. The van der Waals surface area contributed by atoms with Crippen molar-refractivity contribution in [1.29, 1.82) is 0 Å². The van der Waals surface area contributed by atoms with Crippen LogP contribution in [0.3, 0.4) is 0 Å². The summed E-state index contributed by atoms with van der Waals surface area (Å²) >= 11 is 0. The molecule has 3 aliphatic rings. The van der Waals surface area contributed by atoms with E-state index in [4.69, 9.17) is 0 Å². The van der Waals surface area contributed by atoms with Crippen LogP contribution >= 0.6 is 0 Å². The molecular formula is C20H33N3O2. The van der Waals surface area contributed by atoms with Gasteiger partial charge in [0.2, 0.25) is 11.8 Å². The van der Waals surface area contributed by atoms with Gasteiger partial charge in [-0.3, -0.25) is 9.59 Å². The molecule has 1 atom stereocenters. The number of rotatable bonds is 7. The zero-order valence-corrected chi connectivity index (χ0v) is 15.4. The van der Waals surface area contributed by atoms with Crippen molar-refractivity contribution in [2.75, 3.05) is 39.3 Å². The van der Waals surface area contributed by atoms with E-state index in [1.165, 1.54) is 25.9 Å². The van der Waals surface area contributed by atoms with Crippen molar-refractivity contribution in [3.05, 3.63) is 12.2 Å². The van der Waals surface area contributed by atoms with Gasteiger partial charge in [-0.1, -0.05) is 12.2 Å². The van der Waals surface area contributed by atoms with Crippen LogP contribution in [0.15, 0.2) is 12.2 Å². The third kappa shape index (κ3) is 5.56. The molecule has 3 rings (SSSR count). The number of piperidine rings is 1. The van der Waals surface area contributed by atoms with Gasteiger partial charge in [-0.2, -0.15) is 0 Å². The molecule has 2 amide bonds. The third-order valence-electron chi connectivity index (χ3n) is 5.92. The minimum absolute atomic E-state index is 0.0854. The fraction of sp³-hybridized carbons (Fsp3) is 0.800. The van der Waals surface area contributed by atoms with Crippen molar-refractivity contribution >= 4 is 11.8 Å². The first-order valence-corrected chi connectivity index (χ1v) is 10.2. The number of allylic oxidation sites excluding steroid dienone is 2. The number of hydrogen-bond acceptors (Lipinski definition) is 3. The SMILES string of the molecule is O=C(NCCCN1CCCC1)C1CCN(C(=O)C[C@H]2C=CCC2)CC1. The second-order valence-electron chi connectivity index (χ2n) is 7.82. The largest absolute Gasteiger partial charge is 0.356 e. The fourth-order valence-corrected chi connectivity index (χ4v) is 4.27. The lowest BCUT2D eigenvalue weighted by atomic mass is 9.95. The van der Waals surface area contributed by atoms with Crippen LogP contribution in [0.25, 0.3) is 0 Å². The van der Waals surface area contributed by atoms with Gasteiger partial charge in [0.25, 0.3) is 0 Å². The standard InChI is InChI=1S/C20H33N3O2/c24-19(16-17-6-1-2-7-17)23-14-8-18(9-15-23)20(25)21-10-5-13-22-11-3-4-12-22/h1,6,17-18H,2-5,7-16H2,(H,21,25)/t17-/m0/s1. The van der Waals surface area contributed by atoms with Crippen LogP contribution in [0.5, 0.6) is 0 Å². The van der Waals surface area contributed by atoms with E-state index in [9.17, 15) is 9.59 Å². The molecule has 0 saturated carbocycles. The van der Waals surface area contributed by atoms with Gasteiger partial charge in [0, 0.05) is 32.0 Å². The van der Waals surface area contributed by atoms with Gasteiger partial charge in [0.15, 0.2) is 0 Å². The van der Waals surface area contributed by atoms with Gasteiger partial charge in [-0.05, 0) is 70.5 Å². The molecule has 0 radical (unpaired) electrons. The summed E-state index contributed by atoms with van der Waals surface area (Å²) in [5.74, 6) is 0.972. The predicted molar refractivity (Wildman–Crippen MR) is 99.1 cm³/mol. The minimum atomic E-state index is 0.0854. The number of amides is 2. The molecular weight excluding hydrogens is 314 g/mol. The molecule has 0 aromatic rings. The van der Waals surface area contributed by atoms with Gasteiger partial charge in [0.05, 0.1) is 0 Å². The van der Waals surface area contributed by atoms with Crippen molar-refractivity contribution in [2.45, 2.75) is 51.4 Å². The quantitative estimate of drug-likeness (QED) is 0.567. The molecule has 5 heteroatoms. The Balaban J connectivity index is 1.29. The molecule has 0 unspecified atom stereocenters. The van der Waals surface area contributed by atoms with E-state index in [0.29, 0.717) is 12.3 Å². The topological polar surface area (TPSA) is 52.7 Å². The maximum atomic E-state index is 12.4. The van der Waals surface area contributed by atoms with Gasteiger partial charge >= 0.3 is 0 Å². The highest BCUT2D eigenvalue weighted by Crippen LogP contribution is 2.23. The van der Waals surface area contributed by atoms with Crippen molar-refractivity contribution < 1.29 is 9.59 Å². The minimum Gasteiger partial charge on any atom is -0.356 e. The number of carbonyl (C=O) groups excluding carboxylic acids is 2. The Morgan fingerprint density at radius 1 is 1.04 bits per heavy atom. The summed E-state index contributed by atoms with van der Waals surface area (Å²) in [5.41, 5.74) is 0. The lowest BCUT2D eigenvalue weighted by Crippen LogP contribution is -2.43. The average Bonchev–Trinajstić information content (AvgIpc) is 3.32. The highest BCUT2D eigenvalue weighted by atomic mass is 16.2. The molecule has 2 aliphatic heterocycles. The molecule has 25 heavy (non-hydrogen) atoms. The van der Waals surface area contributed by atoms with Crippen LogP contribution in [0.2, 0.25) is 0 Å². The Bertz CT molecular complexity index is 477. The van der Waals surface area contributed by atoms with Crippen molar-refractivity contribution in [2.24, 2.45) is 11.8 Å². The first-order chi connectivity index (χ1) is 12.2. The molecule has 2 heterocycles. The lowest BCUT2D eigenvalue weighted by Gasteiger charge is -2.32. The van der Waals surface area contributed by atoms with Crippen LogP contribution in [0.4, 0.5) is 0 Å². The number of likely N-dealkylation sites (tertiary alicyclic amines) is 2. The van der Waals surface area contributed by atoms with E-state index in [0.717, 1.165) is 58.3 Å². The van der Waals surface area contributed by atoms with Crippen LogP contribution in [-0.4, -0.2) is 60.9 Å². The maximum Gasteiger partial charge on any atom is 0.223 e. The second-order valence-corrected chi connectivity index (χ2v) is 7.82. The molecule has 0 aromatic heterocycles. The van der Waals surface area contributed by atoms with Gasteiger partial charge in [-0.15, -0.1) is 0 Å². The van der Waals surface area contributed by atoms with Crippen molar-refractivity contribution in [3.63, 3.8) is 0 Å². The number of carbonyl (C=O) groups is 2. The predicted octanol–water partition coefficient (Wildman–Crippen LogP) is 2.18. The third-order valence-corrected chi connectivity index (χ3v) is 5.92. The Morgan fingerprint density at radius 2 is 1.80 bits per heavy atom. The first-order valence-electron chi connectivity index (χ1n) is 10.2. The van der Waals surface area contributed by atoms with E-state index in [2.05, 4.69) is 22.4 Å². The number of nitrogens with one attached hydrogen (secondary N) is 1. The molecule has 5 nitrogen and oxygen atoms in total. The molecule has 0 spiro atoms. The Morgan fingerprint density at radius 3 is 2.48 bits per heavy atom. The van der Waals surface area contributed by atoms with E-state index >= 15 is 0 Å². The first kappa shape index (κ1) is 18.4. The number of nitrogens with zero attached hydrogens (tertiary/aromatic N) is 2. The highest BCUT2D eigenvalue weighted by molar-refractivity contribution is 5.80. The summed E-state index contributed by atoms with van der Waals surface area (Å²) in [5, 5.41) is 3.10. The van der Waals surface area contributed by atoms with E-state index in [1.54, 1.807) is 0 Å². The van der Waals surface area contributed by atoms with Crippen LogP contribution in [-0.2, 0) is 9.59 Å². The maximum absolute atomic E-state index is 12.4. The normalized spacial score (nSPS) is 24.8. The van der Waals surface area contributed by atoms with Crippen LogP contribution < -0.4 is 5.32 Å². The molecule has 1 N–H and O–H groups in total. The smallest absolute Gasteiger partial charge is 0.223 e. The lowest BCUT2D eigenvalue weighted by molar-refractivity contribution is -0.136. The monoisotopic (exact) mass is 347 g/mol. The molecule has 0 bridgehead atoms. The fourth-order valence-electron chi connectivity index (χ4n) is 4.27. The van der Waals surface area contributed by atoms with Crippen molar-refractivity contribution in [3.8, 4) is 0 Å². The summed E-state index contributed by atoms with van der Waals surface area (Å²) in [4.78, 5) is 29.1. The Kier molecular flexibility index (Phi) is 6.91. The Labute approximate surface area is 151 Å². The summed E-state index contributed by atoms with van der Waals surface area (Å²) in [6.45, 7) is 5.79. The number of hydrogen-bond donors (Lipinski definition) is 1. The van der Waals surface area contributed by atoms with E-state index in [1.807, 2.05) is 4.90 Å². The van der Waals surface area contributed by atoms with Crippen LogP contribution in [0.1, 0.15) is 51.4 Å². The van der Waals surface area contributed by atoms with E-state index in [-0.39, 0.29) is 17.7 Å². The zero-order valence-electron chi connectivity index (χ0n) is 15.4. The molecule has 140 valence electrons. The average molecular weight is 348 g/mol. The van der Waals surface area contributed by atoms with E-state index < -0.39 is 0 Å². The van der Waals surface area contributed by atoms with Crippen molar-refractivity contribution in [1.82, 2.24) is 15.1 Å². The second kappa shape index (κ2) is 9.37. The molecule has 1 aliphatic carbocycles. The molecule has 2 saturated heterocycles. The van der Waals surface area contributed by atoms with Crippen LogP contribution in [0, 0.1) is 11.8 Å². The summed E-state index contributed by atoms with van der Waals surface area (Å²) in [6, 6.07) is 0. The highest BCUT2D eigenvalue weighted by Gasteiger charge is 2.28. The summed E-state index contributed by atoms with van der Waals surface area (Å²) in [6.07, 6.45) is 12.5. The zero-order chi connectivity index (χ0) is 17.5. The summed E-state index contributed by atoms with van der Waals surface area (Å²) < 4.78 is 0. The molecule has 2 fully saturated rings. The Hall–Kier alpha value is -1.36. The van der Waals surface area contributed by atoms with Gasteiger partial charge in [-0.25, -0.2) is 0 Å².